The molecule has 110 valence electrons. The maximum Gasteiger partial charge on any atom is 0.268 e. The summed E-state index contributed by atoms with van der Waals surface area (Å²) >= 11 is 1.39. The van der Waals surface area contributed by atoms with E-state index in [-0.39, 0.29) is 5.91 Å². The first-order valence-electron chi connectivity index (χ1n) is 7.35. The highest BCUT2D eigenvalue weighted by molar-refractivity contribution is 7.18. The second-order valence-corrected chi connectivity index (χ2v) is 7.30. The van der Waals surface area contributed by atoms with Crippen LogP contribution < -0.4 is 11.1 Å². The minimum atomic E-state index is 0.0739. The van der Waals surface area contributed by atoms with E-state index in [0.29, 0.717) is 28.6 Å². The van der Waals surface area contributed by atoms with Crippen LogP contribution in [0.1, 0.15) is 42.8 Å². The predicted molar refractivity (Wildman–Crippen MR) is 82.0 cm³/mol. The van der Waals surface area contributed by atoms with Crippen LogP contribution in [0.15, 0.2) is 0 Å². The third kappa shape index (κ3) is 2.49. The van der Waals surface area contributed by atoms with E-state index >= 15 is 0 Å². The molecule has 1 aliphatic heterocycles. The molecule has 2 fully saturated rings. The van der Waals surface area contributed by atoms with Gasteiger partial charge in [0.15, 0.2) is 5.13 Å². The molecule has 5 nitrogen and oxygen atoms in total. The van der Waals surface area contributed by atoms with Crippen LogP contribution in [0.25, 0.3) is 0 Å². The first-order valence-corrected chi connectivity index (χ1v) is 8.17. The Hall–Kier alpha value is -1.30. The Labute approximate surface area is 123 Å². The Morgan fingerprint density at radius 2 is 2.35 bits per heavy atom. The Kier molecular flexibility index (Phi) is 3.58. The highest BCUT2D eigenvalue weighted by Crippen LogP contribution is 2.39. The zero-order valence-electron chi connectivity index (χ0n) is 12.1. The summed E-state index contributed by atoms with van der Waals surface area (Å²) in [6, 6.07) is 0.432. The molecule has 20 heavy (non-hydrogen) atoms. The number of carbonyl (C=O) groups excluding carboxylic acids is 1. The standard InChI is InChI=1S/C14H22N4OS/c1-8(2)6-16-14-17-12(15)11(20-14)13(19)18-7-9-3-4-10(18)5-9/h8-10H,3-7,15H2,1-2H3,(H,16,17). The first kappa shape index (κ1) is 13.7. The SMILES string of the molecule is CC(C)CNc1nc(N)c(C(=O)N2CC3CCC2C3)s1. The molecule has 2 bridgehead atoms. The van der Waals surface area contributed by atoms with Gasteiger partial charge >= 0.3 is 0 Å². The fourth-order valence-electron chi connectivity index (χ4n) is 3.16. The number of piperidine rings is 1. The average molecular weight is 294 g/mol. The molecule has 6 heteroatoms. The summed E-state index contributed by atoms with van der Waals surface area (Å²) in [4.78, 5) is 19.5. The molecule has 1 aromatic rings. The van der Waals surface area contributed by atoms with E-state index in [1.165, 1.54) is 24.2 Å². The lowest BCUT2D eigenvalue weighted by atomic mass is 10.1. The van der Waals surface area contributed by atoms with Gasteiger partial charge in [0.1, 0.15) is 10.7 Å². The Morgan fingerprint density at radius 1 is 1.55 bits per heavy atom. The third-order valence-corrected chi connectivity index (χ3v) is 5.20. The van der Waals surface area contributed by atoms with Gasteiger partial charge in [-0.3, -0.25) is 4.79 Å². The van der Waals surface area contributed by atoms with E-state index in [1.54, 1.807) is 0 Å². The summed E-state index contributed by atoms with van der Waals surface area (Å²) in [5, 5.41) is 4.00. The summed E-state index contributed by atoms with van der Waals surface area (Å²) in [6.45, 7) is 6.01. The van der Waals surface area contributed by atoms with Crippen molar-refractivity contribution < 1.29 is 4.79 Å². The van der Waals surface area contributed by atoms with E-state index in [1.807, 2.05) is 4.90 Å². The summed E-state index contributed by atoms with van der Waals surface area (Å²) in [5.41, 5.74) is 5.93. The predicted octanol–water partition coefficient (Wildman–Crippen LogP) is 2.42. The molecule has 2 atom stereocenters. The summed E-state index contributed by atoms with van der Waals surface area (Å²) in [6.07, 6.45) is 3.59. The van der Waals surface area contributed by atoms with Gasteiger partial charge in [-0.25, -0.2) is 4.98 Å². The number of nitrogens with one attached hydrogen (secondary N) is 1. The molecule has 1 aromatic heterocycles. The average Bonchev–Trinajstić information content (AvgIpc) is 3.10. The topological polar surface area (TPSA) is 71.2 Å². The molecule has 2 unspecified atom stereocenters. The molecule has 2 heterocycles. The smallest absolute Gasteiger partial charge is 0.268 e. The van der Waals surface area contributed by atoms with Crippen LogP contribution in [0.5, 0.6) is 0 Å². The van der Waals surface area contributed by atoms with E-state index in [9.17, 15) is 4.79 Å². The van der Waals surface area contributed by atoms with Crippen molar-refractivity contribution >= 4 is 28.2 Å². The highest BCUT2D eigenvalue weighted by Gasteiger charge is 2.41. The van der Waals surface area contributed by atoms with E-state index in [4.69, 9.17) is 5.73 Å². The number of nitrogen functional groups attached to an aromatic ring is 1. The highest BCUT2D eigenvalue weighted by atomic mass is 32.1. The van der Waals surface area contributed by atoms with Gasteiger partial charge in [0.25, 0.3) is 5.91 Å². The Bertz CT molecular complexity index is 513. The molecule has 3 N–H and O–H groups in total. The lowest BCUT2D eigenvalue weighted by molar-refractivity contribution is 0.0709. The molecule has 1 aliphatic carbocycles. The number of nitrogens with two attached hydrogens (primary N) is 1. The van der Waals surface area contributed by atoms with E-state index < -0.39 is 0 Å². The molecule has 1 saturated carbocycles. The van der Waals surface area contributed by atoms with Crippen LogP contribution in [0.4, 0.5) is 10.9 Å². The molecular weight excluding hydrogens is 272 g/mol. The fourth-order valence-corrected chi connectivity index (χ4v) is 4.00. The van der Waals surface area contributed by atoms with Crippen molar-refractivity contribution in [2.24, 2.45) is 11.8 Å². The summed E-state index contributed by atoms with van der Waals surface area (Å²) < 4.78 is 0. The molecule has 3 rings (SSSR count). The minimum absolute atomic E-state index is 0.0739. The van der Waals surface area contributed by atoms with Crippen molar-refractivity contribution in [3.05, 3.63) is 4.88 Å². The number of likely N-dealkylation sites (tertiary alicyclic amines) is 1. The van der Waals surface area contributed by atoms with Gasteiger partial charge in [-0.05, 0) is 31.1 Å². The van der Waals surface area contributed by atoms with Crippen molar-refractivity contribution in [2.45, 2.75) is 39.2 Å². The van der Waals surface area contributed by atoms with Crippen molar-refractivity contribution in [3.8, 4) is 0 Å². The number of aromatic nitrogens is 1. The minimum Gasteiger partial charge on any atom is -0.382 e. The van der Waals surface area contributed by atoms with Gasteiger partial charge in [0, 0.05) is 19.1 Å². The molecule has 0 radical (unpaired) electrons. The van der Waals surface area contributed by atoms with Crippen molar-refractivity contribution in [1.29, 1.82) is 0 Å². The number of amides is 1. The van der Waals surface area contributed by atoms with Gasteiger partial charge < -0.3 is 16.0 Å². The third-order valence-electron chi connectivity index (χ3n) is 4.18. The summed E-state index contributed by atoms with van der Waals surface area (Å²) in [7, 11) is 0. The zero-order valence-corrected chi connectivity index (χ0v) is 12.9. The largest absolute Gasteiger partial charge is 0.382 e. The lowest BCUT2D eigenvalue weighted by Gasteiger charge is -2.26. The van der Waals surface area contributed by atoms with E-state index in [2.05, 4.69) is 24.1 Å². The van der Waals surface area contributed by atoms with Gasteiger partial charge in [-0.2, -0.15) is 0 Å². The number of hydrogen-bond acceptors (Lipinski definition) is 5. The normalized spacial score (nSPS) is 24.6. The number of rotatable bonds is 4. The van der Waals surface area contributed by atoms with Crippen LogP contribution in [0.3, 0.4) is 0 Å². The summed E-state index contributed by atoms with van der Waals surface area (Å²) in [5.74, 6) is 1.68. The molecule has 0 aromatic carbocycles. The lowest BCUT2D eigenvalue weighted by Crippen LogP contribution is -2.37. The number of fused-ring (bicyclic) bond motifs is 2. The first-order chi connectivity index (χ1) is 9.54. The Balaban J connectivity index is 1.71. The second kappa shape index (κ2) is 5.24. The quantitative estimate of drug-likeness (QED) is 0.894. The van der Waals surface area contributed by atoms with Gasteiger partial charge in [-0.15, -0.1) is 0 Å². The van der Waals surface area contributed by atoms with Crippen LogP contribution in [-0.4, -0.2) is 34.9 Å². The number of hydrogen-bond donors (Lipinski definition) is 2. The van der Waals surface area contributed by atoms with Crippen molar-refractivity contribution in [1.82, 2.24) is 9.88 Å². The van der Waals surface area contributed by atoms with Gasteiger partial charge in [0.05, 0.1) is 0 Å². The molecule has 1 amide bonds. The van der Waals surface area contributed by atoms with Gasteiger partial charge in [-0.1, -0.05) is 25.2 Å². The van der Waals surface area contributed by atoms with Crippen LogP contribution >= 0.6 is 11.3 Å². The number of nitrogens with zero attached hydrogens (tertiary/aromatic N) is 2. The molecule has 2 aliphatic rings. The maximum atomic E-state index is 12.6. The molecular formula is C14H22N4OS. The number of carbonyl (C=O) groups is 1. The number of anilines is 2. The maximum absolute atomic E-state index is 12.6. The molecule has 1 saturated heterocycles. The van der Waals surface area contributed by atoms with Crippen LogP contribution in [0.2, 0.25) is 0 Å². The second-order valence-electron chi connectivity index (χ2n) is 6.30. The van der Waals surface area contributed by atoms with Gasteiger partial charge in [0.2, 0.25) is 0 Å². The van der Waals surface area contributed by atoms with Crippen LogP contribution in [0, 0.1) is 11.8 Å². The van der Waals surface area contributed by atoms with Crippen molar-refractivity contribution in [2.75, 3.05) is 24.1 Å². The van der Waals surface area contributed by atoms with Crippen molar-refractivity contribution in [3.63, 3.8) is 0 Å². The number of thiazole rings is 1. The monoisotopic (exact) mass is 294 g/mol. The molecule has 0 spiro atoms. The Morgan fingerprint density at radius 3 is 2.95 bits per heavy atom. The van der Waals surface area contributed by atoms with E-state index in [0.717, 1.165) is 24.6 Å². The fraction of sp³-hybridized carbons (Fsp3) is 0.714. The van der Waals surface area contributed by atoms with Crippen LogP contribution in [-0.2, 0) is 0 Å². The zero-order chi connectivity index (χ0) is 14.3.